The fourth-order valence-electron chi connectivity index (χ4n) is 11.1. The van der Waals surface area contributed by atoms with Gasteiger partial charge < -0.3 is 58.4 Å². The molecule has 2 unspecified atom stereocenters. The number of alkyl carbamates (subject to hydrolysis) is 1. The van der Waals surface area contributed by atoms with Crippen LogP contribution in [0.4, 0.5) is 4.79 Å². The predicted octanol–water partition coefficient (Wildman–Crippen LogP) is 10.6. The summed E-state index contributed by atoms with van der Waals surface area (Å²) in [7, 11) is -2.08. The lowest BCUT2D eigenvalue weighted by molar-refractivity contribution is 0.0521. The number of carbonyl (C=O) groups excluding carboxylic acids is 1. The number of imidazole rings is 2. The van der Waals surface area contributed by atoms with Gasteiger partial charge in [0.25, 0.3) is 0 Å². The van der Waals surface area contributed by atoms with Gasteiger partial charge in [0.2, 0.25) is 0 Å². The summed E-state index contributed by atoms with van der Waals surface area (Å²) in [4.78, 5) is 26.5. The van der Waals surface area contributed by atoms with Gasteiger partial charge in [0.15, 0.2) is 19.8 Å². The SMILES string of the molecule is C.C.CCCN1C[C@@H]2C(C#Cc3ccc(-c4cc([C@@H](CNC(=O)OC(C)(C)C)n5ccnc5[C@H](C)O[Si](C)(C)C(C)(C)C)no4)cc3)[C@@H]2C1.C[C@H](O)c1nccn1[C@H](CN)c1cc(-c2ccc(C#CC3[C@H]4CN(CCO)C[C@@H]34)cc2)on1. The number of carbonyl (C=O) groups is 1. The number of likely N-dealkylation sites (tertiary alicyclic amines) is 2. The molecule has 6 aromatic rings. The van der Waals surface area contributed by atoms with Gasteiger partial charge in [0, 0.05) is 117 Å². The largest absolute Gasteiger partial charge is 0.444 e. The Kier molecular flexibility index (Phi) is 20.4. The molecule has 2 aliphatic heterocycles. The number of aliphatic hydroxyl groups excluding tert-OH is 2. The molecule has 10 rings (SSSR count). The van der Waals surface area contributed by atoms with Gasteiger partial charge in [-0.25, -0.2) is 14.8 Å². The van der Waals surface area contributed by atoms with Gasteiger partial charge in [-0.3, -0.25) is 0 Å². The third kappa shape index (κ3) is 14.9. The molecule has 10 atom stereocenters. The summed E-state index contributed by atoms with van der Waals surface area (Å²) < 4.78 is 27.6. The van der Waals surface area contributed by atoms with Gasteiger partial charge in [-0.1, -0.05) is 76.5 Å². The van der Waals surface area contributed by atoms with E-state index in [-0.39, 0.29) is 45.2 Å². The van der Waals surface area contributed by atoms with E-state index in [9.17, 15) is 9.90 Å². The van der Waals surface area contributed by atoms with E-state index in [1.165, 1.54) is 26.1 Å². The Bertz CT molecular complexity index is 3140. The van der Waals surface area contributed by atoms with Crippen LogP contribution in [0.2, 0.25) is 18.1 Å². The van der Waals surface area contributed by atoms with Crippen LogP contribution in [0, 0.1) is 59.2 Å². The number of nitrogens with one attached hydrogen (secondary N) is 1. The highest BCUT2D eigenvalue weighted by atomic mass is 28.4. The third-order valence-corrected chi connectivity index (χ3v) is 21.0. The van der Waals surface area contributed by atoms with Crippen LogP contribution >= 0.6 is 0 Å². The number of fused-ring (bicyclic) bond motifs is 2. The van der Waals surface area contributed by atoms with Crippen molar-refractivity contribution in [1.29, 1.82) is 0 Å². The molecule has 0 spiro atoms. The van der Waals surface area contributed by atoms with Gasteiger partial charge in [0.1, 0.15) is 40.8 Å². The van der Waals surface area contributed by atoms with Crippen LogP contribution in [0.1, 0.15) is 142 Å². The van der Waals surface area contributed by atoms with Gasteiger partial charge in [0.05, 0.1) is 18.7 Å². The van der Waals surface area contributed by atoms with E-state index in [0.29, 0.717) is 58.9 Å². The van der Waals surface area contributed by atoms with Crippen LogP contribution in [0.3, 0.4) is 0 Å². The van der Waals surface area contributed by atoms with E-state index in [4.69, 9.17) is 34.0 Å². The van der Waals surface area contributed by atoms with E-state index in [0.717, 1.165) is 59.5 Å². The van der Waals surface area contributed by atoms with Crippen LogP contribution in [0.5, 0.6) is 0 Å². The number of piperidine rings is 2. The number of hydrogen-bond donors (Lipinski definition) is 4. The summed E-state index contributed by atoms with van der Waals surface area (Å²) in [6, 6.07) is 19.3. The van der Waals surface area contributed by atoms with Crippen molar-refractivity contribution in [3.8, 4) is 46.3 Å². The molecule has 442 valence electrons. The minimum absolute atomic E-state index is 0. The number of ether oxygens (including phenoxy) is 1. The zero-order chi connectivity index (χ0) is 57.1. The first-order valence-corrected chi connectivity index (χ1v) is 31.4. The summed E-state index contributed by atoms with van der Waals surface area (Å²) in [6.07, 6.45) is 6.85. The highest BCUT2D eigenvalue weighted by Gasteiger charge is 2.55. The molecule has 4 aliphatic rings. The average molecular weight is 1140 g/mol. The van der Waals surface area contributed by atoms with Crippen molar-refractivity contribution in [1.82, 2.24) is 44.5 Å². The van der Waals surface area contributed by atoms with Crippen molar-refractivity contribution in [3.63, 3.8) is 0 Å². The first-order chi connectivity index (χ1) is 38.1. The zero-order valence-electron chi connectivity index (χ0n) is 48.5. The zero-order valence-corrected chi connectivity index (χ0v) is 49.5. The number of nitrogens with zero attached hydrogens (tertiary/aromatic N) is 8. The Hall–Kier alpha value is -6.35. The van der Waals surface area contributed by atoms with E-state index in [2.05, 4.69) is 94.9 Å². The van der Waals surface area contributed by atoms with Crippen LogP contribution in [-0.2, 0) is 9.16 Å². The van der Waals surface area contributed by atoms with Gasteiger partial charge >= 0.3 is 6.09 Å². The highest BCUT2D eigenvalue weighted by molar-refractivity contribution is 6.74. The Labute approximate surface area is 487 Å². The minimum atomic E-state index is -2.08. The monoisotopic (exact) mass is 1140 g/mol. The van der Waals surface area contributed by atoms with E-state index in [1.54, 1.807) is 25.5 Å². The number of benzene rings is 2. The lowest BCUT2D eigenvalue weighted by Crippen LogP contribution is -2.42. The van der Waals surface area contributed by atoms with Crippen molar-refractivity contribution in [3.05, 3.63) is 120 Å². The number of aliphatic hydroxyl groups is 2. The molecule has 2 saturated heterocycles. The van der Waals surface area contributed by atoms with Crippen LogP contribution < -0.4 is 11.1 Å². The van der Waals surface area contributed by atoms with Crippen LogP contribution in [-0.4, -0.2) is 128 Å². The number of aromatic nitrogens is 6. The standard InChI is InChI=1S/C37H53N5O4Si.C25H29N5O3.2CH4/c1-11-19-41-23-29-28(30(29)24-41)17-14-26-12-15-27(16-13-26)33-21-31(40-45-33)32(22-39-35(43)44-36(3,4)5)42-20-18-38-34(42)25(2)46-47(9,10)37(6,7)8;1-16(32)25-27-8-9-30(25)23(13-26)22-12-24(33-28-22)18-5-2-17(3-6-18)4-7-19-20-14-29(10-11-31)15-21(19)20;;/h12-13,15-16,18,20-21,25,28-30,32H,11,19,22-24H2,1-10H3,(H,39,43);2-3,5-6,8-9,12,16,19-21,23,31-32H,10-11,13-15,26H2,1H3;2*1H4/t25-,28?,29-,30+,32+;16-,19?,20-,21+,23+;;/m00../s1. The molecule has 4 aromatic heterocycles. The molecule has 2 saturated carbocycles. The van der Waals surface area contributed by atoms with Gasteiger partial charge in [-0.15, -0.1) is 0 Å². The molecule has 18 heteroatoms. The minimum Gasteiger partial charge on any atom is -0.444 e. The molecule has 5 N–H and O–H groups in total. The average Bonchev–Trinajstić information content (AvgIpc) is 4.23. The fourth-order valence-corrected chi connectivity index (χ4v) is 12.5. The normalized spacial score (nSPS) is 21.5. The molecule has 6 heterocycles. The number of rotatable bonds is 17. The molecule has 4 fully saturated rings. The summed E-state index contributed by atoms with van der Waals surface area (Å²) in [5.74, 6) is 20.1. The molecule has 2 aliphatic carbocycles. The molecule has 1 amide bonds. The molecule has 2 aromatic carbocycles. The molecule has 17 nitrogen and oxygen atoms in total. The second-order valence-electron chi connectivity index (χ2n) is 24.6. The first kappa shape index (κ1) is 63.2. The molecule has 82 heavy (non-hydrogen) atoms. The third-order valence-electron chi connectivity index (χ3n) is 16.5. The molecular formula is C64H90N10O7Si. The van der Waals surface area contributed by atoms with Crippen molar-refractivity contribution in [2.24, 2.45) is 41.2 Å². The van der Waals surface area contributed by atoms with Crippen LogP contribution in [0.25, 0.3) is 22.6 Å². The number of nitrogens with two attached hydrogens (primary N) is 1. The molecule has 0 bridgehead atoms. The predicted molar refractivity (Wildman–Crippen MR) is 324 cm³/mol. The van der Waals surface area contributed by atoms with Crippen molar-refractivity contribution in [2.45, 2.75) is 132 Å². The van der Waals surface area contributed by atoms with Crippen molar-refractivity contribution in [2.75, 3.05) is 59.0 Å². The van der Waals surface area contributed by atoms with Crippen molar-refractivity contribution < 1.29 is 33.2 Å². The van der Waals surface area contributed by atoms with E-state index < -0.39 is 32.2 Å². The number of amides is 1. The summed E-state index contributed by atoms with van der Waals surface area (Å²) in [5, 5.41) is 30.7. The van der Waals surface area contributed by atoms with E-state index >= 15 is 0 Å². The lowest BCUT2D eigenvalue weighted by Gasteiger charge is -2.38. The Morgan fingerprint density at radius 1 is 0.756 bits per heavy atom. The summed E-state index contributed by atoms with van der Waals surface area (Å²) in [6.45, 7) is 29.9. The smallest absolute Gasteiger partial charge is 0.407 e. The Morgan fingerprint density at radius 3 is 1.66 bits per heavy atom. The summed E-state index contributed by atoms with van der Waals surface area (Å²) >= 11 is 0. The Morgan fingerprint density at radius 2 is 1.22 bits per heavy atom. The van der Waals surface area contributed by atoms with Crippen molar-refractivity contribution >= 4 is 14.4 Å². The number of hydrogen-bond acceptors (Lipinski definition) is 14. The van der Waals surface area contributed by atoms with E-state index in [1.807, 2.05) is 104 Å². The topological polar surface area (TPSA) is 208 Å². The fraction of sp³-hybridized carbons (Fsp3) is 0.547. The maximum atomic E-state index is 12.7. The summed E-state index contributed by atoms with van der Waals surface area (Å²) in [5.41, 5.74) is 10.6. The van der Waals surface area contributed by atoms with Gasteiger partial charge in [-0.05, 0) is 138 Å². The number of β-amino-alcohol motifs (C(OH)–C–C–N with tert-alkyl or cyclic N) is 1. The lowest BCUT2D eigenvalue weighted by atomic mass is 10.1. The highest BCUT2D eigenvalue weighted by Crippen LogP contribution is 2.52. The van der Waals surface area contributed by atoms with Crippen LogP contribution in [0.15, 0.2) is 94.5 Å². The molecule has 0 radical (unpaired) electrons. The maximum Gasteiger partial charge on any atom is 0.407 e. The quantitative estimate of drug-likeness (QED) is 0.0495. The Balaban J connectivity index is 0.000000243. The molecular weight excluding hydrogens is 1050 g/mol. The maximum absolute atomic E-state index is 12.7. The second kappa shape index (κ2) is 26.5. The first-order valence-electron chi connectivity index (χ1n) is 28.5. The second-order valence-corrected chi connectivity index (χ2v) is 29.4. The van der Waals surface area contributed by atoms with Gasteiger partial charge in [-0.2, -0.15) is 0 Å².